The molecule has 4 heteroatoms. The van der Waals surface area contributed by atoms with Gasteiger partial charge >= 0.3 is 0 Å². The number of morpholine rings is 1. The standard InChI is InChI=1S/C20H30N2O2/c1-3-5-10-21-20(23)16-7-6-15-8-9-18-19(17(15)14-16)24-13-12-22(18)11-4-2/h6-7,14,18-19H,3-5,8-13H2,1-2H3,(H,21,23)/t18-,19-/m1/s1. The maximum atomic E-state index is 12.4. The normalized spacial score (nSPS) is 23.4. The number of benzene rings is 1. The minimum absolute atomic E-state index is 0.0367. The van der Waals surface area contributed by atoms with Gasteiger partial charge in [0.2, 0.25) is 0 Å². The number of hydrogen-bond donors (Lipinski definition) is 1. The van der Waals surface area contributed by atoms with Crippen molar-refractivity contribution in [1.29, 1.82) is 0 Å². The van der Waals surface area contributed by atoms with E-state index < -0.39 is 0 Å². The Morgan fingerprint density at radius 3 is 3.00 bits per heavy atom. The van der Waals surface area contributed by atoms with E-state index in [1.165, 1.54) is 17.5 Å². The third-order valence-corrected chi connectivity index (χ3v) is 5.25. The molecular formula is C20H30N2O2. The summed E-state index contributed by atoms with van der Waals surface area (Å²) in [5.74, 6) is 0.0367. The molecule has 2 atom stereocenters. The van der Waals surface area contributed by atoms with E-state index in [9.17, 15) is 4.79 Å². The molecule has 132 valence electrons. The highest BCUT2D eigenvalue weighted by Gasteiger charge is 2.37. The first-order valence-corrected chi connectivity index (χ1v) is 9.51. The smallest absolute Gasteiger partial charge is 0.251 e. The van der Waals surface area contributed by atoms with E-state index in [1.807, 2.05) is 6.07 Å². The highest BCUT2D eigenvalue weighted by atomic mass is 16.5. The Balaban J connectivity index is 1.78. The Hall–Kier alpha value is -1.39. The van der Waals surface area contributed by atoms with Gasteiger partial charge in [-0.15, -0.1) is 0 Å². The summed E-state index contributed by atoms with van der Waals surface area (Å²) >= 11 is 0. The molecule has 1 heterocycles. The second-order valence-electron chi connectivity index (χ2n) is 6.96. The second kappa shape index (κ2) is 8.13. The molecule has 1 aromatic rings. The number of carbonyl (C=O) groups is 1. The van der Waals surface area contributed by atoms with Crippen LogP contribution in [0.2, 0.25) is 0 Å². The summed E-state index contributed by atoms with van der Waals surface area (Å²) < 4.78 is 6.14. The van der Waals surface area contributed by atoms with Gasteiger partial charge in [0.15, 0.2) is 0 Å². The van der Waals surface area contributed by atoms with E-state index in [2.05, 4.69) is 36.2 Å². The van der Waals surface area contributed by atoms with Gasteiger partial charge in [-0.3, -0.25) is 9.69 Å². The lowest BCUT2D eigenvalue weighted by Crippen LogP contribution is -2.49. The van der Waals surface area contributed by atoms with Crippen molar-refractivity contribution in [1.82, 2.24) is 10.2 Å². The predicted molar refractivity (Wildman–Crippen MR) is 96.3 cm³/mol. The maximum Gasteiger partial charge on any atom is 0.251 e. The molecular weight excluding hydrogens is 300 g/mol. The van der Waals surface area contributed by atoms with Crippen molar-refractivity contribution >= 4 is 5.91 Å². The van der Waals surface area contributed by atoms with Gasteiger partial charge in [0.1, 0.15) is 0 Å². The molecule has 1 N–H and O–H groups in total. The van der Waals surface area contributed by atoms with E-state index in [0.717, 1.165) is 57.5 Å². The van der Waals surface area contributed by atoms with Gasteiger partial charge in [0, 0.05) is 24.7 Å². The number of carbonyl (C=O) groups excluding carboxylic acids is 1. The summed E-state index contributed by atoms with van der Waals surface area (Å²) in [6.45, 7) is 8.07. The lowest BCUT2D eigenvalue weighted by atomic mass is 9.83. The Morgan fingerprint density at radius 1 is 1.33 bits per heavy atom. The van der Waals surface area contributed by atoms with Gasteiger partial charge in [-0.2, -0.15) is 0 Å². The lowest BCUT2D eigenvalue weighted by Gasteiger charge is -2.44. The number of unbranched alkanes of at least 4 members (excludes halogenated alkanes) is 1. The topological polar surface area (TPSA) is 41.6 Å². The Morgan fingerprint density at radius 2 is 2.21 bits per heavy atom. The number of ether oxygens (including phenoxy) is 1. The molecule has 0 spiro atoms. The van der Waals surface area contributed by atoms with E-state index in [1.54, 1.807) is 0 Å². The summed E-state index contributed by atoms with van der Waals surface area (Å²) in [4.78, 5) is 14.9. The van der Waals surface area contributed by atoms with Gasteiger partial charge in [-0.05, 0) is 55.5 Å². The van der Waals surface area contributed by atoms with E-state index >= 15 is 0 Å². The monoisotopic (exact) mass is 330 g/mol. The van der Waals surface area contributed by atoms with Crippen LogP contribution in [0.15, 0.2) is 18.2 Å². The molecule has 1 fully saturated rings. The van der Waals surface area contributed by atoms with Gasteiger partial charge < -0.3 is 10.1 Å². The highest BCUT2D eigenvalue weighted by molar-refractivity contribution is 5.94. The van der Waals surface area contributed by atoms with Crippen molar-refractivity contribution in [3.63, 3.8) is 0 Å². The zero-order valence-corrected chi connectivity index (χ0v) is 15.0. The average molecular weight is 330 g/mol. The van der Waals surface area contributed by atoms with Crippen molar-refractivity contribution in [2.75, 3.05) is 26.2 Å². The Labute approximate surface area is 145 Å². The number of aryl methyl sites for hydroxylation is 1. The van der Waals surface area contributed by atoms with Gasteiger partial charge in [-0.25, -0.2) is 0 Å². The minimum atomic E-state index is 0.0367. The first-order chi connectivity index (χ1) is 11.7. The summed E-state index contributed by atoms with van der Waals surface area (Å²) in [6.07, 6.45) is 5.65. The molecule has 1 aliphatic carbocycles. The van der Waals surface area contributed by atoms with Crippen LogP contribution < -0.4 is 5.32 Å². The number of rotatable bonds is 6. The first-order valence-electron chi connectivity index (χ1n) is 9.51. The van der Waals surface area contributed by atoms with Crippen LogP contribution in [0.4, 0.5) is 0 Å². The molecule has 1 amide bonds. The fraction of sp³-hybridized carbons (Fsp3) is 0.650. The molecule has 0 unspecified atom stereocenters. The summed E-state index contributed by atoms with van der Waals surface area (Å²) in [7, 11) is 0. The van der Waals surface area contributed by atoms with Crippen LogP contribution in [0.3, 0.4) is 0 Å². The number of nitrogens with zero attached hydrogens (tertiary/aromatic N) is 1. The van der Waals surface area contributed by atoms with E-state index in [-0.39, 0.29) is 12.0 Å². The number of fused-ring (bicyclic) bond motifs is 3. The van der Waals surface area contributed by atoms with Crippen molar-refractivity contribution in [3.8, 4) is 0 Å². The fourth-order valence-electron chi connectivity index (χ4n) is 3.97. The molecule has 1 saturated heterocycles. The zero-order valence-electron chi connectivity index (χ0n) is 15.0. The number of amides is 1. The average Bonchev–Trinajstić information content (AvgIpc) is 2.61. The summed E-state index contributed by atoms with van der Waals surface area (Å²) in [5, 5.41) is 3.02. The maximum absolute atomic E-state index is 12.4. The second-order valence-corrected chi connectivity index (χ2v) is 6.96. The Kier molecular flexibility index (Phi) is 5.90. The largest absolute Gasteiger partial charge is 0.371 e. The third-order valence-electron chi connectivity index (χ3n) is 5.25. The molecule has 3 rings (SSSR count). The molecule has 4 nitrogen and oxygen atoms in total. The molecule has 0 radical (unpaired) electrons. The van der Waals surface area contributed by atoms with Crippen molar-refractivity contribution in [2.45, 2.75) is 58.1 Å². The molecule has 1 aromatic carbocycles. The van der Waals surface area contributed by atoms with Crippen LogP contribution in [0, 0.1) is 0 Å². The molecule has 0 aromatic heterocycles. The van der Waals surface area contributed by atoms with Gasteiger partial charge in [0.05, 0.1) is 12.7 Å². The molecule has 0 bridgehead atoms. The van der Waals surface area contributed by atoms with Gasteiger partial charge in [0.25, 0.3) is 5.91 Å². The summed E-state index contributed by atoms with van der Waals surface area (Å²) in [5.41, 5.74) is 3.34. The molecule has 2 aliphatic rings. The molecule has 1 aliphatic heterocycles. The highest BCUT2D eigenvalue weighted by Crippen LogP contribution is 2.38. The number of hydrogen-bond acceptors (Lipinski definition) is 3. The van der Waals surface area contributed by atoms with Crippen LogP contribution >= 0.6 is 0 Å². The first kappa shape index (κ1) is 17.4. The SMILES string of the molecule is CCCCNC(=O)c1ccc2c(c1)[C@H]1OCCN(CCC)[C@@H]1CC2. The van der Waals surface area contributed by atoms with Crippen LogP contribution in [0.25, 0.3) is 0 Å². The summed E-state index contributed by atoms with van der Waals surface area (Å²) in [6, 6.07) is 6.63. The van der Waals surface area contributed by atoms with E-state index in [4.69, 9.17) is 4.74 Å². The predicted octanol–water partition coefficient (Wildman–Crippen LogP) is 3.31. The van der Waals surface area contributed by atoms with Crippen LogP contribution in [-0.4, -0.2) is 43.1 Å². The molecule has 24 heavy (non-hydrogen) atoms. The minimum Gasteiger partial charge on any atom is -0.371 e. The quantitative estimate of drug-likeness (QED) is 0.814. The van der Waals surface area contributed by atoms with Crippen molar-refractivity contribution < 1.29 is 9.53 Å². The van der Waals surface area contributed by atoms with Crippen LogP contribution in [0.1, 0.15) is 67.1 Å². The van der Waals surface area contributed by atoms with Crippen LogP contribution in [-0.2, 0) is 11.2 Å². The molecule has 0 saturated carbocycles. The third kappa shape index (κ3) is 3.65. The van der Waals surface area contributed by atoms with Crippen molar-refractivity contribution in [2.24, 2.45) is 0 Å². The zero-order chi connectivity index (χ0) is 16.9. The number of nitrogens with one attached hydrogen (secondary N) is 1. The Bertz CT molecular complexity index is 571. The van der Waals surface area contributed by atoms with E-state index in [0.29, 0.717) is 6.04 Å². The van der Waals surface area contributed by atoms with Crippen LogP contribution in [0.5, 0.6) is 0 Å². The lowest BCUT2D eigenvalue weighted by molar-refractivity contribution is -0.0801. The fourth-order valence-corrected chi connectivity index (χ4v) is 3.97. The van der Waals surface area contributed by atoms with Gasteiger partial charge in [-0.1, -0.05) is 26.3 Å². The van der Waals surface area contributed by atoms with Crippen molar-refractivity contribution in [3.05, 3.63) is 34.9 Å².